The van der Waals surface area contributed by atoms with E-state index >= 15 is 0 Å². The fraction of sp³-hybridized carbons (Fsp3) is 0.700. The van der Waals surface area contributed by atoms with E-state index in [1.54, 1.807) is 0 Å². The molecule has 0 bridgehead atoms. The molecule has 0 amide bonds. The minimum atomic E-state index is 0. The zero-order valence-corrected chi connectivity index (χ0v) is 16.3. The molecule has 0 heterocycles. The molecular formula is C20H39NO. The predicted octanol–water partition coefficient (Wildman–Crippen LogP) is 5.58. The largest absolute Gasteiger partial charge is 0.493 e. The van der Waals surface area contributed by atoms with Crippen LogP contribution in [0.25, 0.3) is 0 Å². The van der Waals surface area contributed by atoms with Gasteiger partial charge in [-0.3, -0.25) is 0 Å². The highest BCUT2D eigenvalue weighted by molar-refractivity contribution is 5.43. The maximum Gasteiger partial charge on any atom is 0.112 e. The molecule has 0 saturated carbocycles. The zero-order valence-electron chi connectivity index (χ0n) is 16.3. The molecule has 0 aromatic heterocycles. The molecule has 2 nitrogen and oxygen atoms in total. The monoisotopic (exact) mass is 309 g/mol. The Morgan fingerprint density at radius 2 is 1.73 bits per heavy atom. The lowest BCUT2D eigenvalue weighted by Crippen LogP contribution is -2.18. The zero-order chi connectivity index (χ0) is 17.5. The van der Waals surface area contributed by atoms with E-state index in [1.807, 2.05) is 7.05 Å². The average molecular weight is 310 g/mol. The Morgan fingerprint density at radius 1 is 1.18 bits per heavy atom. The lowest BCUT2D eigenvalue weighted by molar-refractivity contribution is 0.228. The summed E-state index contributed by atoms with van der Waals surface area (Å²) in [4.78, 5) is 0. The average Bonchev–Trinajstić information content (AvgIpc) is 2.36. The van der Waals surface area contributed by atoms with Crippen molar-refractivity contribution in [1.82, 2.24) is 5.32 Å². The van der Waals surface area contributed by atoms with Gasteiger partial charge in [0.05, 0.1) is 0 Å². The summed E-state index contributed by atoms with van der Waals surface area (Å²) in [5, 5.41) is 3.08. The van der Waals surface area contributed by atoms with Gasteiger partial charge in [-0.2, -0.15) is 0 Å². The van der Waals surface area contributed by atoms with Crippen LogP contribution in [-0.2, 0) is 4.74 Å². The summed E-state index contributed by atoms with van der Waals surface area (Å²) >= 11 is 0. The summed E-state index contributed by atoms with van der Waals surface area (Å²) in [7, 11) is 1.92. The van der Waals surface area contributed by atoms with Crippen LogP contribution >= 0.6 is 0 Å². The molecular weight excluding hydrogens is 270 g/mol. The molecule has 0 unspecified atom stereocenters. The van der Waals surface area contributed by atoms with Gasteiger partial charge in [0.15, 0.2) is 0 Å². The van der Waals surface area contributed by atoms with Gasteiger partial charge in [0.1, 0.15) is 12.4 Å². The maximum absolute atomic E-state index is 5.71. The summed E-state index contributed by atoms with van der Waals surface area (Å²) < 4.78 is 5.71. The van der Waals surface area contributed by atoms with E-state index < -0.39 is 0 Å². The molecule has 0 aliphatic rings. The molecule has 0 atom stereocenters. The van der Waals surface area contributed by atoms with Gasteiger partial charge in [-0.05, 0) is 48.4 Å². The maximum atomic E-state index is 5.71. The van der Waals surface area contributed by atoms with Crippen LogP contribution in [0.5, 0.6) is 0 Å². The third kappa shape index (κ3) is 6.83. The molecule has 0 fully saturated rings. The van der Waals surface area contributed by atoms with Crippen LogP contribution in [0.1, 0.15) is 56.8 Å². The molecule has 0 rings (SSSR count). The Bertz CT molecular complexity index is 425. The van der Waals surface area contributed by atoms with E-state index in [-0.39, 0.29) is 6.84 Å². The van der Waals surface area contributed by atoms with Crippen molar-refractivity contribution in [2.24, 2.45) is 17.3 Å². The molecule has 0 spiro atoms. The van der Waals surface area contributed by atoms with Crippen LogP contribution in [0.2, 0.25) is 0 Å². The Labute approximate surface area is 140 Å². The number of ether oxygens (including phenoxy) is 1. The second kappa shape index (κ2) is 9.19. The Hall–Kier alpha value is -1.02. The molecule has 22 heavy (non-hydrogen) atoms. The van der Waals surface area contributed by atoms with E-state index in [2.05, 4.69) is 73.4 Å². The van der Waals surface area contributed by atoms with Gasteiger partial charge in [0, 0.05) is 7.97 Å². The van der Waals surface area contributed by atoms with E-state index in [0.29, 0.717) is 18.4 Å². The number of allylic oxidation sites excluding steroid dienone is 4. The summed E-state index contributed by atoms with van der Waals surface area (Å²) in [6.07, 6.45) is 2.13. The second-order valence-electron chi connectivity index (χ2n) is 7.64. The highest BCUT2D eigenvalue weighted by Gasteiger charge is 2.25. The van der Waals surface area contributed by atoms with Crippen molar-refractivity contribution in [3.63, 3.8) is 0 Å². The van der Waals surface area contributed by atoms with Gasteiger partial charge in [-0.25, -0.2) is 0 Å². The Morgan fingerprint density at radius 3 is 2.09 bits per heavy atom. The van der Waals surface area contributed by atoms with Crippen LogP contribution in [0, 0.1) is 17.3 Å². The topological polar surface area (TPSA) is 21.3 Å². The van der Waals surface area contributed by atoms with Gasteiger partial charge in [0.25, 0.3) is 0 Å². The standard InChI is InChI=1S/C20H37NO.H2/c1-14(2)17(6)19(20(7,8)9)18(15(3)4)13-16(5)22-12-11-21-10;/h13-15,21H,5,11-12H2,1-4,6-10H3;1H/b18-13-,19-17-;. The number of hydrogen-bond acceptors (Lipinski definition) is 2. The fourth-order valence-corrected chi connectivity index (χ4v) is 2.57. The van der Waals surface area contributed by atoms with Crippen molar-refractivity contribution in [2.45, 2.75) is 55.4 Å². The Balaban J connectivity index is 0. The quantitative estimate of drug-likeness (QED) is 0.359. The lowest BCUT2D eigenvalue weighted by atomic mass is 9.74. The third-order valence-electron chi connectivity index (χ3n) is 3.88. The molecule has 0 radical (unpaired) electrons. The highest BCUT2D eigenvalue weighted by atomic mass is 16.5. The molecule has 0 aliphatic carbocycles. The summed E-state index contributed by atoms with van der Waals surface area (Å²) in [6.45, 7) is 23.7. The summed E-state index contributed by atoms with van der Waals surface area (Å²) in [5.74, 6) is 1.72. The summed E-state index contributed by atoms with van der Waals surface area (Å²) in [6, 6.07) is 0. The fourth-order valence-electron chi connectivity index (χ4n) is 2.57. The van der Waals surface area contributed by atoms with Crippen molar-refractivity contribution in [1.29, 1.82) is 0 Å². The minimum Gasteiger partial charge on any atom is -0.493 e. The van der Waals surface area contributed by atoms with Crippen LogP contribution < -0.4 is 5.32 Å². The Kier molecular flexibility index (Phi) is 8.77. The molecule has 0 aromatic rings. The van der Waals surface area contributed by atoms with E-state index in [1.165, 1.54) is 16.7 Å². The van der Waals surface area contributed by atoms with Crippen LogP contribution in [0.15, 0.2) is 35.1 Å². The van der Waals surface area contributed by atoms with Crippen LogP contribution in [-0.4, -0.2) is 20.2 Å². The van der Waals surface area contributed by atoms with Gasteiger partial charge < -0.3 is 10.1 Å². The van der Waals surface area contributed by atoms with Crippen molar-refractivity contribution in [3.8, 4) is 0 Å². The minimum absolute atomic E-state index is 0. The van der Waals surface area contributed by atoms with Crippen molar-refractivity contribution in [2.75, 3.05) is 20.2 Å². The second-order valence-corrected chi connectivity index (χ2v) is 7.64. The normalized spacial score (nSPS) is 14.4. The van der Waals surface area contributed by atoms with Gasteiger partial charge in [-0.15, -0.1) is 0 Å². The highest BCUT2D eigenvalue weighted by Crippen LogP contribution is 2.39. The number of hydrogen-bond donors (Lipinski definition) is 1. The smallest absolute Gasteiger partial charge is 0.112 e. The number of rotatable bonds is 8. The van der Waals surface area contributed by atoms with E-state index in [4.69, 9.17) is 4.74 Å². The van der Waals surface area contributed by atoms with Gasteiger partial charge in [0.2, 0.25) is 0 Å². The van der Waals surface area contributed by atoms with Crippen molar-refractivity contribution >= 4 is 0 Å². The van der Waals surface area contributed by atoms with Crippen molar-refractivity contribution < 1.29 is 6.16 Å². The first kappa shape index (κ1) is 21.0. The first-order valence-electron chi connectivity index (χ1n) is 8.41. The SMILES string of the molecule is C=C(/C=C(\C(=C(/C)C(C)C)C(C)(C)C)C(C)C)OCCNC.[HH]. The third-order valence-corrected chi connectivity index (χ3v) is 3.88. The van der Waals surface area contributed by atoms with Crippen LogP contribution in [0.4, 0.5) is 0 Å². The number of likely N-dealkylation sites (N-methyl/N-ethyl adjacent to an activating group) is 1. The predicted molar refractivity (Wildman–Crippen MR) is 101 cm³/mol. The van der Waals surface area contributed by atoms with Gasteiger partial charge >= 0.3 is 0 Å². The summed E-state index contributed by atoms with van der Waals surface area (Å²) in [5.41, 5.74) is 4.34. The molecule has 130 valence electrons. The first-order chi connectivity index (χ1) is 10.0. The van der Waals surface area contributed by atoms with E-state index in [0.717, 1.165) is 12.3 Å². The number of nitrogens with one attached hydrogen (secondary N) is 1. The molecule has 0 aliphatic heterocycles. The molecule has 0 aromatic carbocycles. The first-order valence-corrected chi connectivity index (χ1v) is 8.41. The molecule has 2 heteroatoms. The molecule has 1 N–H and O–H groups in total. The molecule has 0 saturated heterocycles. The van der Waals surface area contributed by atoms with Gasteiger partial charge in [-0.1, -0.05) is 60.6 Å². The van der Waals surface area contributed by atoms with Crippen molar-refractivity contribution in [3.05, 3.63) is 35.1 Å². The van der Waals surface area contributed by atoms with E-state index in [9.17, 15) is 0 Å². The van der Waals surface area contributed by atoms with Crippen LogP contribution in [0.3, 0.4) is 0 Å². The lowest BCUT2D eigenvalue weighted by Gasteiger charge is -2.31.